The molecule has 0 bridgehead atoms. The number of amides is 1. The van der Waals surface area contributed by atoms with Crippen LogP contribution in [0, 0.1) is 23.7 Å². The van der Waals surface area contributed by atoms with Gasteiger partial charge in [-0.15, -0.1) is 6.42 Å². The molecule has 1 amide bonds. The summed E-state index contributed by atoms with van der Waals surface area (Å²) in [4.78, 5) is 12.1. The van der Waals surface area contributed by atoms with Gasteiger partial charge in [-0.1, -0.05) is 39.0 Å². The minimum Gasteiger partial charge on any atom is -0.342 e. The fourth-order valence-corrected chi connectivity index (χ4v) is 2.72. The van der Waals surface area contributed by atoms with E-state index in [1.165, 1.54) is 19.3 Å². The molecule has 0 aromatic carbocycles. The molecular weight excluding hydrogens is 224 g/mol. The third-order valence-electron chi connectivity index (χ3n) is 4.05. The Balaban J connectivity index is 2.54. The summed E-state index contributed by atoms with van der Waals surface area (Å²) in [5.74, 6) is 2.95. The number of hydrogen-bond acceptors (Lipinski definition) is 2. The summed E-state index contributed by atoms with van der Waals surface area (Å²) >= 11 is 0. The van der Waals surface area contributed by atoms with Crippen molar-refractivity contribution in [1.29, 1.82) is 0 Å². The van der Waals surface area contributed by atoms with Crippen LogP contribution in [0.15, 0.2) is 0 Å². The lowest BCUT2D eigenvalue weighted by Gasteiger charge is -2.36. The van der Waals surface area contributed by atoms with E-state index in [-0.39, 0.29) is 23.3 Å². The van der Waals surface area contributed by atoms with Crippen LogP contribution in [0.5, 0.6) is 0 Å². The molecule has 18 heavy (non-hydrogen) atoms. The van der Waals surface area contributed by atoms with Gasteiger partial charge in [-0.2, -0.15) is 0 Å². The van der Waals surface area contributed by atoms with Crippen LogP contribution >= 0.6 is 0 Å². The van der Waals surface area contributed by atoms with Crippen LogP contribution in [0.25, 0.3) is 0 Å². The standard InChI is InChI=1S/C15H26N2O/c1-4-13(12(2)3)17-14(18)10-15(11-16)8-6-5-7-9-15/h1,12-13H,5-11,16H2,2-3H3,(H,17,18). The van der Waals surface area contributed by atoms with E-state index in [1.807, 2.05) is 13.8 Å². The molecule has 1 unspecified atom stereocenters. The fourth-order valence-electron chi connectivity index (χ4n) is 2.72. The molecule has 0 spiro atoms. The number of terminal acetylenes is 1. The van der Waals surface area contributed by atoms with E-state index in [4.69, 9.17) is 12.2 Å². The first-order valence-electron chi connectivity index (χ1n) is 6.98. The van der Waals surface area contributed by atoms with Crippen molar-refractivity contribution in [3.05, 3.63) is 0 Å². The molecule has 0 aromatic rings. The van der Waals surface area contributed by atoms with Gasteiger partial charge in [0.1, 0.15) is 0 Å². The first kappa shape index (κ1) is 15.0. The Morgan fingerprint density at radius 3 is 2.44 bits per heavy atom. The zero-order valence-electron chi connectivity index (χ0n) is 11.7. The van der Waals surface area contributed by atoms with Crippen LogP contribution < -0.4 is 11.1 Å². The predicted octanol–water partition coefficient (Wildman–Crippen LogP) is 2.06. The average Bonchev–Trinajstić information content (AvgIpc) is 2.36. The van der Waals surface area contributed by atoms with Gasteiger partial charge in [-0.25, -0.2) is 0 Å². The molecule has 3 nitrogen and oxygen atoms in total. The van der Waals surface area contributed by atoms with Crippen molar-refractivity contribution in [2.45, 2.75) is 58.4 Å². The van der Waals surface area contributed by atoms with Crippen molar-refractivity contribution < 1.29 is 4.79 Å². The third kappa shape index (κ3) is 4.03. The second kappa shape index (κ2) is 6.80. The lowest BCUT2D eigenvalue weighted by Crippen LogP contribution is -2.43. The van der Waals surface area contributed by atoms with Crippen molar-refractivity contribution in [2.24, 2.45) is 17.1 Å². The maximum Gasteiger partial charge on any atom is 0.221 e. The molecule has 1 fully saturated rings. The van der Waals surface area contributed by atoms with E-state index in [0.717, 1.165) is 12.8 Å². The van der Waals surface area contributed by atoms with Crippen LogP contribution in [0.4, 0.5) is 0 Å². The summed E-state index contributed by atoms with van der Waals surface area (Å²) in [5, 5.41) is 2.94. The van der Waals surface area contributed by atoms with Crippen LogP contribution in [0.1, 0.15) is 52.4 Å². The van der Waals surface area contributed by atoms with Gasteiger partial charge in [0.15, 0.2) is 0 Å². The van der Waals surface area contributed by atoms with Gasteiger partial charge < -0.3 is 11.1 Å². The summed E-state index contributed by atoms with van der Waals surface area (Å²) in [7, 11) is 0. The largest absolute Gasteiger partial charge is 0.342 e. The zero-order chi connectivity index (χ0) is 13.6. The maximum atomic E-state index is 12.1. The smallest absolute Gasteiger partial charge is 0.221 e. The van der Waals surface area contributed by atoms with Crippen molar-refractivity contribution in [1.82, 2.24) is 5.32 Å². The summed E-state index contributed by atoms with van der Waals surface area (Å²) in [6, 6.07) is -0.170. The SMILES string of the molecule is C#CC(NC(=O)CC1(CN)CCCCC1)C(C)C. The zero-order valence-corrected chi connectivity index (χ0v) is 11.7. The Morgan fingerprint density at radius 1 is 1.39 bits per heavy atom. The molecule has 3 N–H and O–H groups in total. The summed E-state index contributed by atoms with van der Waals surface area (Å²) in [6.45, 7) is 4.64. The first-order chi connectivity index (χ1) is 8.53. The van der Waals surface area contributed by atoms with Crippen molar-refractivity contribution >= 4 is 5.91 Å². The van der Waals surface area contributed by atoms with Gasteiger partial charge >= 0.3 is 0 Å². The number of carbonyl (C=O) groups excluding carboxylic acids is 1. The molecule has 1 aliphatic rings. The highest BCUT2D eigenvalue weighted by Gasteiger charge is 2.33. The number of nitrogens with one attached hydrogen (secondary N) is 1. The van der Waals surface area contributed by atoms with Crippen LogP contribution in [0.3, 0.4) is 0 Å². The lowest BCUT2D eigenvalue weighted by molar-refractivity contribution is -0.124. The van der Waals surface area contributed by atoms with E-state index < -0.39 is 0 Å². The third-order valence-corrected chi connectivity index (χ3v) is 4.05. The van der Waals surface area contributed by atoms with Crippen molar-refractivity contribution in [3.63, 3.8) is 0 Å². The average molecular weight is 250 g/mol. The molecule has 0 saturated heterocycles. The molecule has 1 atom stereocenters. The lowest BCUT2D eigenvalue weighted by atomic mass is 9.71. The summed E-state index contributed by atoms with van der Waals surface area (Å²) < 4.78 is 0. The van der Waals surface area contributed by atoms with Gasteiger partial charge in [-0.05, 0) is 30.7 Å². The molecule has 1 saturated carbocycles. The van der Waals surface area contributed by atoms with Gasteiger partial charge in [0.05, 0.1) is 6.04 Å². The predicted molar refractivity (Wildman–Crippen MR) is 74.8 cm³/mol. The number of hydrogen-bond donors (Lipinski definition) is 2. The molecule has 3 heteroatoms. The quantitative estimate of drug-likeness (QED) is 0.734. The Labute approximate surface area is 111 Å². The second-order valence-corrected chi connectivity index (χ2v) is 5.90. The number of carbonyl (C=O) groups is 1. The van der Waals surface area contributed by atoms with Crippen LogP contribution in [-0.2, 0) is 4.79 Å². The molecule has 1 aliphatic carbocycles. The molecular formula is C15H26N2O. The van der Waals surface area contributed by atoms with Gasteiger partial charge in [-0.3, -0.25) is 4.79 Å². The first-order valence-corrected chi connectivity index (χ1v) is 6.98. The highest BCUT2D eigenvalue weighted by molar-refractivity contribution is 5.77. The maximum absolute atomic E-state index is 12.1. The molecule has 0 aromatic heterocycles. The van der Waals surface area contributed by atoms with Crippen molar-refractivity contribution in [3.8, 4) is 12.3 Å². The monoisotopic (exact) mass is 250 g/mol. The highest BCUT2D eigenvalue weighted by atomic mass is 16.1. The Morgan fingerprint density at radius 2 is 2.00 bits per heavy atom. The van der Waals surface area contributed by atoms with Gasteiger partial charge in [0, 0.05) is 6.42 Å². The van der Waals surface area contributed by atoms with Crippen LogP contribution in [0.2, 0.25) is 0 Å². The minimum absolute atomic E-state index is 0.0124. The molecule has 102 valence electrons. The van der Waals surface area contributed by atoms with Gasteiger partial charge in [0.2, 0.25) is 5.91 Å². The molecule has 0 heterocycles. The van der Waals surface area contributed by atoms with Crippen LogP contribution in [-0.4, -0.2) is 18.5 Å². The molecule has 0 radical (unpaired) electrons. The highest BCUT2D eigenvalue weighted by Crippen LogP contribution is 2.38. The van der Waals surface area contributed by atoms with Gasteiger partial charge in [0.25, 0.3) is 0 Å². The minimum atomic E-state index is -0.170. The molecule has 0 aliphatic heterocycles. The van der Waals surface area contributed by atoms with E-state index in [1.54, 1.807) is 0 Å². The topological polar surface area (TPSA) is 55.1 Å². The van der Waals surface area contributed by atoms with Crippen molar-refractivity contribution in [2.75, 3.05) is 6.54 Å². The summed E-state index contributed by atoms with van der Waals surface area (Å²) in [6.07, 6.45) is 11.7. The van der Waals surface area contributed by atoms with E-state index in [9.17, 15) is 4.79 Å². The second-order valence-electron chi connectivity index (χ2n) is 5.90. The molecule has 1 rings (SSSR count). The van der Waals surface area contributed by atoms with E-state index >= 15 is 0 Å². The Hall–Kier alpha value is -1.01. The summed E-state index contributed by atoms with van der Waals surface area (Å²) in [5.41, 5.74) is 5.90. The number of rotatable bonds is 5. The normalized spacial score (nSPS) is 20.2. The Bertz CT molecular complexity index is 311. The fraction of sp³-hybridized carbons (Fsp3) is 0.800. The van der Waals surface area contributed by atoms with E-state index in [2.05, 4.69) is 11.2 Å². The Kier molecular flexibility index (Phi) is 5.68. The van der Waals surface area contributed by atoms with E-state index in [0.29, 0.717) is 13.0 Å². The number of nitrogens with two attached hydrogens (primary N) is 1.